The van der Waals surface area contributed by atoms with Gasteiger partial charge in [0.2, 0.25) is 0 Å². The van der Waals surface area contributed by atoms with E-state index in [4.69, 9.17) is 5.11 Å². The van der Waals surface area contributed by atoms with Gasteiger partial charge >= 0.3 is 5.97 Å². The fraction of sp³-hybridized carbons (Fsp3) is 0.615. The minimum absolute atomic E-state index is 0.139. The number of nitrogens with zero attached hydrogens (tertiary/aromatic N) is 4. The molecule has 1 saturated heterocycles. The zero-order chi connectivity index (χ0) is 13.7. The highest BCUT2D eigenvalue weighted by Crippen LogP contribution is 2.07. The van der Waals surface area contributed by atoms with Crippen LogP contribution >= 0.6 is 0 Å². The summed E-state index contributed by atoms with van der Waals surface area (Å²) >= 11 is 0. The first-order valence-corrected chi connectivity index (χ1v) is 6.58. The van der Waals surface area contributed by atoms with E-state index >= 15 is 0 Å². The van der Waals surface area contributed by atoms with Gasteiger partial charge in [-0.2, -0.15) is 0 Å². The molecular weight excluding hydrogens is 244 g/mol. The molecule has 0 radical (unpaired) electrons. The van der Waals surface area contributed by atoms with Crippen LogP contribution in [-0.2, 0) is 11.3 Å². The topological polar surface area (TPSA) is 69.6 Å². The molecule has 2 heterocycles. The molecule has 104 valence electrons. The first-order chi connectivity index (χ1) is 9.13. The number of aromatic nitrogens is 2. The van der Waals surface area contributed by atoms with Crippen LogP contribution in [0, 0.1) is 6.92 Å². The third-order valence-electron chi connectivity index (χ3n) is 3.26. The number of hydrogen-bond acceptors (Lipinski definition) is 5. The summed E-state index contributed by atoms with van der Waals surface area (Å²) in [5.41, 5.74) is 1.03. The summed E-state index contributed by atoms with van der Waals surface area (Å²) in [5, 5.41) is 8.82. The molecule has 1 aromatic rings. The molecule has 0 aromatic carbocycles. The Bertz CT molecular complexity index is 438. The minimum atomic E-state index is -0.750. The molecule has 1 aromatic heterocycles. The van der Waals surface area contributed by atoms with Crippen LogP contribution in [-0.4, -0.2) is 63.6 Å². The van der Waals surface area contributed by atoms with Gasteiger partial charge in [0.05, 0.1) is 12.2 Å². The summed E-state index contributed by atoms with van der Waals surface area (Å²) in [6.07, 6.45) is 2.78. The van der Waals surface area contributed by atoms with E-state index in [0.717, 1.165) is 50.7 Å². The molecule has 2 rings (SSSR count). The van der Waals surface area contributed by atoms with Crippen molar-refractivity contribution in [3.63, 3.8) is 0 Å². The highest BCUT2D eigenvalue weighted by Gasteiger charge is 2.17. The van der Waals surface area contributed by atoms with Gasteiger partial charge < -0.3 is 5.11 Å². The van der Waals surface area contributed by atoms with Crippen LogP contribution in [0.3, 0.4) is 0 Å². The number of hydrogen-bond donors (Lipinski definition) is 1. The fourth-order valence-electron chi connectivity index (χ4n) is 2.35. The Morgan fingerprint density at radius 1 is 1.32 bits per heavy atom. The Morgan fingerprint density at radius 3 is 2.79 bits per heavy atom. The van der Waals surface area contributed by atoms with Crippen LogP contribution in [0.4, 0.5) is 0 Å². The molecule has 6 nitrogen and oxygen atoms in total. The highest BCUT2D eigenvalue weighted by atomic mass is 16.4. The molecule has 0 saturated carbocycles. The SMILES string of the molecule is Cc1nccc(CN2CCCN(CC(=O)O)CC2)n1. The maximum atomic E-state index is 10.7. The van der Waals surface area contributed by atoms with Crippen molar-refractivity contribution in [2.75, 3.05) is 32.7 Å². The lowest BCUT2D eigenvalue weighted by molar-refractivity contribution is -0.138. The number of carboxylic acid groups (broad SMARTS) is 1. The van der Waals surface area contributed by atoms with Crippen molar-refractivity contribution < 1.29 is 9.90 Å². The van der Waals surface area contributed by atoms with Gasteiger partial charge in [0.25, 0.3) is 0 Å². The van der Waals surface area contributed by atoms with E-state index in [1.54, 1.807) is 6.20 Å². The van der Waals surface area contributed by atoms with Crippen molar-refractivity contribution in [1.82, 2.24) is 19.8 Å². The Hall–Kier alpha value is -1.53. The van der Waals surface area contributed by atoms with Crippen LogP contribution in [0.2, 0.25) is 0 Å². The van der Waals surface area contributed by atoms with Crippen molar-refractivity contribution in [1.29, 1.82) is 0 Å². The lowest BCUT2D eigenvalue weighted by Gasteiger charge is -2.20. The van der Waals surface area contributed by atoms with Crippen molar-refractivity contribution in [2.45, 2.75) is 19.9 Å². The first-order valence-electron chi connectivity index (χ1n) is 6.58. The second-order valence-electron chi connectivity index (χ2n) is 4.89. The van der Waals surface area contributed by atoms with Crippen molar-refractivity contribution in [3.8, 4) is 0 Å². The van der Waals surface area contributed by atoms with Gasteiger partial charge in [-0.25, -0.2) is 9.97 Å². The summed E-state index contributed by atoms with van der Waals surface area (Å²) in [5.74, 6) is 0.0414. The summed E-state index contributed by atoms with van der Waals surface area (Å²) in [7, 11) is 0. The van der Waals surface area contributed by atoms with Crippen molar-refractivity contribution >= 4 is 5.97 Å². The molecule has 19 heavy (non-hydrogen) atoms. The molecule has 1 N–H and O–H groups in total. The predicted octanol–water partition coefficient (Wildman–Crippen LogP) is 0.377. The average Bonchev–Trinajstić information content (AvgIpc) is 2.54. The smallest absolute Gasteiger partial charge is 0.317 e. The standard InChI is InChI=1S/C13H20N4O2/c1-11-14-4-3-12(15-11)9-16-5-2-6-17(8-7-16)10-13(18)19/h3-4H,2,5-10H2,1H3,(H,18,19). The molecular formula is C13H20N4O2. The number of rotatable bonds is 4. The third kappa shape index (κ3) is 4.57. The molecule has 0 unspecified atom stereocenters. The van der Waals surface area contributed by atoms with Crippen LogP contribution in [0.1, 0.15) is 17.9 Å². The largest absolute Gasteiger partial charge is 0.480 e. The monoisotopic (exact) mass is 264 g/mol. The number of aliphatic carboxylic acids is 1. The molecule has 0 aliphatic carbocycles. The number of carbonyl (C=O) groups is 1. The van der Waals surface area contributed by atoms with Crippen LogP contribution in [0.25, 0.3) is 0 Å². The second kappa shape index (κ2) is 6.58. The third-order valence-corrected chi connectivity index (χ3v) is 3.26. The molecule has 0 bridgehead atoms. The van der Waals surface area contributed by atoms with Gasteiger partial charge in [-0.05, 0) is 26.0 Å². The van der Waals surface area contributed by atoms with E-state index in [1.807, 2.05) is 17.9 Å². The average molecular weight is 264 g/mol. The van der Waals surface area contributed by atoms with Crippen LogP contribution in [0.5, 0.6) is 0 Å². The Balaban J connectivity index is 1.87. The lowest BCUT2D eigenvalue weighted by Crippen LogP contribution is -2.34. The molecule has 0 amide bonds. The summed E-state index contributed by atoms with van der Waals surface area (Å²) in [6.45, 7) is 6.36. The summed E-state index contributed by atoms with van der Waals surface area (Å²) < 4.78 is 0. The van der Waals surface area contributed by atoms with Crippen LogP contribution in [0.15, 0.2) is 12.3 Å². The van der Waals surface area contributed by atoms with Crippen molar-refractivity contribution in [3.05, 3.63) is 23.8 Å². The zero-order valence-electron chi connectivity index (χ0n) is 11.2. The maximum absolute atomic E-state index is 10.7. The van der Waals surface area contributed by atoms with Gasteiger partial charge in [-0.3, -0.25) is 14.6 Å². The fourth-order valence-corrected chi connectivity index (χ4v) is 2.35. The Labute approximate surface area is 113 Å². The van der Waals surface area contributed by atoms with Gasteiger partial charge in [0, 0.05) is 32.4 Å². The second-order valence-corrected chi connectivity index (χ2v) is 4.89. The van der Waals surface area contributed by atoms with E-state index in [1.165, 1.54) is 0 Å². The lowest BCUT2D eigenvalue weighted by atomic mass is 10.3. The number of carboxylic acids is 1. The van der Waals surface area contributed by atoms with E-state index in [2.05, 4.69) is 14.9 Å². The van der Waals surface area contributed by atoms with Gasteiger partial charge in [-0.1, -0.05) is 0 Å². The summed E-state index contributed by atoms with van der Waals surface area (Å²) in [6, 6.07) is 1.94. The number of aryl methyl sites for hydroxylation is 1. The van der Waals surface area contributed by atoms with Gasteiger partial charge in [0.15, 0.2) is 0 Å². The van der Waals surface area contributed by atoms with Crippen molar-refractivity contribution in [2.24, 2.45) is 0 Å². The molecule has 1 fully saturated rings. The Morgan fingerprint density at radius 2 is 2.05 bits per heavy atom. The highest BCUT2D eigenvalue weighted by molar-refractivity contribution is 5.69. The van der Waals surface area contributed by atoms with E-state index in [0.29, 0.717) is 0 Å². The summed E-state index contributed by atoms with van der Waals surface area (Å²) in [4.78, 5) is 23.5. The quantitative estimate of drug-likeness (QED) is 0.847. The molecule has 0 atom stereocenters. The first kappa shape index (κ1) is 13.9. The molecule has 1 aliphatic rings. The minimum Gasteiger partial charge on any atom is -0.480 e. The van der Waals surface area contributed by atoms with Gasteiger partial charge in [0.1, 0.15) is 5.82 Å². The van der Waals surface area contributed by atoms with Gasteiger partial charge in [-0.15, -0.1) is 0 Å². The normalized spacial score (nSPS) is 18.2. The van der Waals surface area contributed by atoms with E-state index < -0.39 is 5.97 Å². The Kier molecular flexibility index (Phi) is 4.81. The van der Waals surface area contributed by atoms with E-state index in [9.17, 15) is 4.79 Å². The maximum Gasteiger partial charge on any atom is 0.317 e. The zero-order valence-corrected chi connectivity index (χ0v) is 11.2. The van der Waals surface area contributed by atoms with E-state index in [-0.39, 0.29) is 6.54 Å². The molecule has 1 aliphatic heterocycles. The predicted molar refractivity (Wildman–Crippen MR) is 70.7 cm³/mol. The molecule has 0 spiro atoms. The molecule has 6 heteroatoms. The van der Waals surface area contributed by atoms with Crippen LogP contribution < -0.4 is 0 Å².